The standard InChI is InChI=1S/C23H28N4O2/c1-2-22(29)27-12-14-6-5-8-16(18(14)13-27)20-11-15(23(25)26-20)10-19(24)17-7-3-4-9-21(17)28/h2-4,7,9-11,14,16,18,26,28H,1,5-6,8,12-13,24-25H2/b19-10-. The minimum Gasteiger partial charge on any atom is -0.507 e. The molecule has 4 rings (SSSR count). The monoisotopic (exact) mass is 392 g/mol. The molecule has 152 valence electrons. The maximum absolute atomic E-state index is 12.1. The number of hydrogen-bond acceptors (Lipinski definition) is 4. The summed E-state index contributed by atoms with van der Waals surface area (Å²) in [5.41, 5.74) is 15.4. The van der Waals surface area contributed by atoms with Crippen molar-refractivity contribution in [2.24, 2.45) is 17.6 Å². The molecule has 2 aliphatic rings. The molecule has 6 heteroatoms. The first kappa shape index (κ1) is 19.2. The summed E-state index contributed by atoms with van der Waals surface area (Å²) in [7, 11) is 0. The lowest BCUT2D eigenvalue weighted by molar-refractivity contribution is -0.125. The number of nitrogens with zero attached hydrogens (tertiary/aromatic N) is 1. The second-order valence-corrected chi connectivity index (χ2v) is 8.12. The Labute approximate surface area is 170 Å². The number of para-hydroxylation sites is 1. The molecule has 1 aliphatic carbocycles. The number of rotatable bonds is 4. The summed E-state index contributed by atoms with van der Waals surface area (Å²) in [6, 6.07) is 9.05. The summed E-state index contributed by atoms with van der Waals surface area (Å²) in [5, 5.41) is 10.0. The SMILES string of the molecule is C=CC(=O)N1CC2CCCC(c3cc(/C=C(\N)c4ccccc4O)c(N)[nH]3)C2C1. The van der Waals surface area contributed by atoms with Crippen LogP contribution in [0, 0.1) is 11.8 Å². The van der Waals surface area contributed by atoms with Crippen LogP contribution < -0.4 is 11.5 Å². The highest BCUT2D eigenvalue weighted by molar-refractivity contribution is 5.87. The van der Waals surface area contributed by atoms with E-state index < -0.39 is 0 Å². The Morgan fingerprint density at radius 1 is 1.28 bits per heavy atom. The average molecular weight is 393 g/mol. The van der Waals surface area contributed by atoms with Crippen LogP contribution in [-0.4, -0.2) is 34.0 Å². The van der Waals surface area contributed by atoms with Gasteiger partial charge >= 0.3 is 0 Å². The van der Waals surface area contributed by atoms with Gasteiger partial charge in [-0.1, -0.05) is 25.1 Å². The van der Waals surface area contributed by atoms with Crippen molar-refractivity contribution in [2.45, 2.75) is 25.2 Å². The Balaban J connectivity index is 1.59. The van der Waals surface area contributed by atoms with Crippen LogP contribution in [0.4, 0.5) is 5.82 Å². The number of hydrogen-bond donors (Lipinski definition) is 4. The lowest BCUT2D eigenvalue weighted by atomic mass is 9.72. The van der Waals surface area contributed by atoms with Crippen molar-refractivity contribution >= 4 is 23.5 Å². The summed E-state index contributed by atoms with van der Waals surface area (Å²) in [5.74, 6) is 2.02. The van der Waals surface area contributed by atoms with Crippen LogP contribution in [0.5, 0.6) is 5.75 Å². The quantitative estimate of drug-likeness (QED) is 0.599. The van der Waals surface area contributed by atoms with E-state index in [0.29, 0.717) is 34.8 Å². The molecule has 1 saturated carbocycles. The molecule has 1 amide bonds. The fraction of sp³-hybridized carbons (Fsp3) is 0.348. The predicted octanol–water partition coefficient (Wildman–Crippen LogP) is 3.29. The first-order chi connectivity index (χ1) is 14.0. The number of fused-ring (bicyclic) bond motifs is 1. The lowest BCUT2D eigenvalue weighted by Gasteiger charge is -2.32. The molecule has 0 bridgehead atoms. The maximum atomic E-state index is 12.1. The first-order valence-electron chi connectivity index (χ1n) is 10.1. The Morgan fingerprint density at radius 2 is 2.07 bits per heavy atom. The molecule has 1 aromatic carbocycles. The van der Waals surface area contributed by atoms with Crippen molar-refractivity contribution in [1.29, 1.82) is 0 Å². The van der Waals surface area contributed by atoms with Gasteiger partial charge in [0.25, 0.3) is 0 Å². The van der Waals surface area contributed by atoms with E-state index in [1.54, 1.807) is 24.3 Å². The van der Waals surface area contributed by atoms with Gasteiger partial charge in [-0.15, -0.1) is 0 Å². The number of nitrogen functional groups attached to an aromatic ring is 1. The van der Waals surface area contributed by atoms with Crippen molar-refractivity contribution in [3.8, 4) is 5.75 Å². The van der Waals surface area contributed by atoms with Crippen LogP contribution in [0.15, 0.2) is 43.0 Å². The van der Waals surface area contributed by atoms with Gasteiger partial charge in [0.2, 0.25) is 5.91 Å². The van der Waals surface area contributed by atoms with Crippen LogP contribution in [0.25, 0.3) is 11.8 Å². The second kappa shape index (κ2) is 7.70. The normalized spacial score (nSPS) is 24.3. The van der Waals surface area contributed by atoms with Gasteiger partial charge in [0.1, 0.15) is 11.6 Å². The topological polar surface area (TPSA) is 108 Å². The first-order valence-corrected chi connectivity index (χ1v) is 10.1. The molecule has 2 fully saturated rings. The van der Waals surface area contributed by atoms with E-state index in [-0.39, 0.29) is 11.7 Å². The van der Waals surface area contributed by atoms with Crippen molar-refractivity contribution in [2.75, 3.05) is 18.8 Å². The fourth-order valence-electron chi connectivity index (χ4n) is 4.96. The maximum Gasteiger partial charge on any atom is 0.245 e. The number of carbonyl (C=O) groups is 1. The largest absolute Gasteiger partial charge is 0.507 e. The van der Waals surface area contributed by atoms with Gasteiger partial charge in [-0.2, -0.15) is 0 Å². The Bertz CT molecular complexity index is 962. The van der Waals surface area contributed by atoms with Crippen LogP contribution in [0.2, 0.25) is 0 Å². The van der Waals surface area contributed by atoms with Gasteiger partial charge in [0.15, 0.2) is 0 Å². The van der Waals surface area contributed by atoms with E-state index in [9.17, 15) is 9.90 Å². The highest BCUT2D eigenvalue weighted by Crippen LogP contribution is 2.45. The highest BCUT2D eigenvalue weighted by atomic mass is 16.3. The zero-order valence-corrected chi connectivity index (χ0v) is 16.5. The molecule has 1 aliphatic heterocycles. The smallest absolute Gasteiger partial charge is 0.245 e. The summed E-state index contributed by atoms with van der Waals surface area (Å²) in [6.07, 6.45) is 6.59. The number of nitrogens with two attached hydrogens (primary N) is 2. The molecule has 0 radical (unpaired) electrons. The van der Waals surface area contributed by atoms with E-state index in [1.807, 2.05) is 11.0 Å². The number of benzene rings is 1. The molecule has 6 nitrogen and oxygen atoms in total. The number of aromatic amines is 1. The number of H-pyrrole nitrogens is 1. The van der Waals surface area contributed by atoms with E-state index in [0.717, 1.165) is 43.6 Å². The van der Waals surface area contributed by atoms with E-state index >= 15 is 0 Å². The molecule has 3 unspecified atom stereocenters. The average Bonchev–Trinajstić information content (AvgIpc) is 3.31. The third-order valence-corrected chi connectivity index (χ3v) is 6.41. The number of phenolic OH excluding ortho intramolecular Hbond substituents is 1. The van der Waals surface area contributed by atoms with Gasteiger partial charge in [0, 0.05) is 41.5 Å². The van der Waals surface area contributed by atoms with Crippen molar-refractivity contribution in [1.82, 2.24) is 9.88 Å². The molecule has 6 N–H and O–H groups in total. The Hall–Kier alpha value is -3.15. The van der Waals surface area contributed by atoms with Gasteiger partial charge < -0.3 is 26.5 Å². The van der Waals surface area contributed by atoms with Gasteiger partial charge in [-0.25, -0.2) is 0 Å². The number of carbonyl (C=O) groups excluding carboxylic acids is 1. The van der Waals surface area contributed by atoms with Crippen LogP contribution in [0.3, 0.4) is 0 Å². The summed E-state index contributed by atoms with van der Waals surface area (Å²) in [4.78, 5) is 17.3. The third-order valence-electron chi connectivity index (χ3n) is 6.41. The zero-order chi connectivity index (χ0) is 20.5. The predicted molar refractivity (Wildman–Crippen MR) is 116 cm³/mol. The molecular formula is C23H28N4O2. The van der Waals surface area contributed by atoms with Crippen LogP contribution in [0.1, 0.15) is 42.0 Å². The molecule has 2 heterocycles. The lowest BCUT2D eigenvalue weighted by Crippen LogP contribution is -2.28. The molecule has 1 saturated heterocycles. The second-order valence-electron chi connectivity index (χ2n) is 8.12. The van der Waals surface area contributed by atoms with Crippen molar-refractivity contribution < 1.29 is 9.90 Å². The Morgan fingerprint density at radius 3 is 2.83 bits per heavy atom. The van der Waals surface area contributed by atoms with Gasteiger partial charge in [0.05, 0.1) is 0 Å². The number of anilines is 1. The molecule has 29 heavy (non-hydrogen) atoms. The summed E-state index contributed by atoms with van der Waals surface area (Å²) >= 11 is 0. The third kappa shape index (κ3) is 3.62. The molecule has 0 spiro atoms. The van der Waals surface area contributed by atoms with Gasteiger partial charge in [-0.05, 0) is 55.0 Å². The number of aromatic hydroxyl groups is 1. The number of phenols is 1. The Kier molecular flexibility index (Phi) is 5.09. The van der Waals surface area contributed by atoms with E-state index in [1.165, 1.54) is 6.08 Å². The van der Waals surface area contributed by atoms with E-state index in [4.69, 9.17) is 11.5 Å². The minimum absolute atomic E-state index is 0.0169. The van der Waals surface area contributed by atoms with E-state index in [2.05, 4.69) is 17.6 Å². The fourth-order valence-corrected chi connectivity index (χ4v) is 4.96. The molecule has 1 aromatic heterocycles. The van der Waals surface area contributed by atoms with Crippen LogP contribution >= 0.6 is 0 Å². The molecule has 3 atom stereocenters. The zero-order valence-electron chi connectivity index (χ0n) is 16.5. The summed E-state index contributed by atoms with van der Waals surface area (Å²) in [6.45, 7) is 5.21. The van der Waals surface area contributed by atoms with Crippen molar-refractivity contribution in [3.63, 3.8) is 0 Å². The number of likely N-dealkylation sites (tertiary alicyclic amines) is 1. The molecular weight excluding hydrogens is 364 g/mol. The van der Waals surface area contributed by atoms with Gasteiger partial charge in [-0.3, -0.25) is 4.79 Å². The molecule has 2 aromatic rings. The number of amides is 1. The van der Waals surface area contributed by atoms with Crippen molar-refractivity contribution in [3.05, 3.63) is 59.8 Å². The minimum atomic E-state index is 0.0169. The van der Waals surface area contributed by atoms with Crippen LogP contribution in [-0.2, 0) is 4.79 Å². The summed E-state index contributed by atoms with van der Waals surface area (Å²) < 4.78 is 0. The highest BCUT2D eigenvalue weighted by Gasteiger charge is 2.42. The number of aromatic nitrogens is 1. The number of nitrogens with one attached hydrogen (secondary N) is 1.